The van der Waals surface area contributed by atoms with Crippen molar-refractivity contribution in [2.45, 2.75) is 41.2 Å². The van der Waals surface area contributed by atoms with Gasteiger partial charge in [0.1, 0.15) is 0 Å². The van der Waals surface area contributed by atoms with Crippen LogP contribution in [0.4, 0.5) is 5.69 Å². The van der Waals surface area contributed by atoms with Gasteiger partial charge in [0.25, 0.3) is 5.91 Å². The molecule has 1 aromatic carbocycles. The molecule has 0 unspecified atom stereocenters. The predicted molar refractivity (Wildman–Crippen MR) is 106 cm³/mol. The van der Waals surface area contributed by atoms with E-state index in [1.54, 1.807) is 11.3 Å². The number of aryl methyl sites for hydroxylation is 4. The molecule has 25 heavy (non-hydrogen) atoms. The molecule has 0 bridgehead atoms. The van der Waals surface area contributed by atoms with Crippen molar-refractivity contribution in [2.24, 2.45) is 0 Å². The van der Waals surface area contributed by atoms with Gasteiger partial charge in [0.15, 0.2) is 0 Å². The molecular weight excluding hydrogens is 328 g/mol. The van der Waals surface area contributed by atoms with Crippen LogP contribution in [0.1, 0.15) is 43.3 Å². The Kier molecular flexibility index (Phi) is 4.82. The first-order chi connectivity index (χ1) is 11.9. The van der Waals surface area contributed by atoms with E-state index < -0.39 is 0 Å². The molecule has 0 fully saturated rings. The van der Waals surface area contributed by atoms with E-state index >= 15 is 0 Å². The Morgan fingerprint density at radius 3 is 2.36 bits per heavy atom. The summed E-state index contributed by atoms with van der Waals surface area (Å²) in [7, 11) is 0. The van der Waals surface area contributed by atoms with E-state index in [0.29, 0.717) is 0 Å². The zero-order chi connectivity index (χ0) is 18.1. The number of carbonyl (C=O) groups is 1. The van der Waals surface area contributed by atoms with Crippen molar-refractivity contribution in [1.82, 2.24) is 4.57 Å². The summed E-state index contributed by atoms with van der Waals surface area (Å²) >= 11 is 1.74. The second-order valence-corrected chi connectivity index (χ2v) is 7.71. The third-order valence-electron chi connectivity index (χ3n) is 4.63. The number of hydrogen-bond acceptors (Lipinski definition) is 2. The molecule has 0 aliphatic carbocycles. The van der Waals surface area contributed by atoms with Crippen LogP contribution in [0, 0.1) is 34.6 Å². The molecule has 3 rings (SSSR count). The van der Waals surface area contributed by atoms with Crippen molar-refractivity contribution < 1.29 is 4.79 Å². The third kappa shape index (κ3) is 3.54. The highest BCUT2D eigenvalue weighted by Crippen LogP contribution is 2.24. The van der Waals surface area contributed by atoms with Gasteiger partial charge in [-0.2, -0.15) is 0 Å². The Morgan fingerprint density at radius 2 is 1.76 bits per heavy atom. The van der Waals surface area contributed by atoms with E-state index in [9.17, 15) is 4.79 Å². The van der Waals surface area contributed by atoms with Crippen LogP contribution in [0.3, 0.4) is 0 Å². The number of rotatable bonds is 4. The number of amides is 1. The summed E-state index contributed by atoms with van der Waals surface area (Å²) in [5.41, 5.74) is 7.17. The maximum absolute atomic E-state index is 12.9. The van der Waals surface area contributed by atoms with Crippen molar-refractivity contribution >= 4 is 22.9 Å². The van der Waals surface area contributed by atoms with Crippen LogP contribution in [0.5, 0.6) is 0 Å². The molecule has 2 aromatic heterocycles. The van der Waals surface area contributed by atoms with Crippen molar-refractivity contribution in [1.29, 1.82) is 0 Å². The fraction of sp³-hybridized carbons (Fsp3) is 0.286. The lowest BCUT2D eigenvalue weighted by molar-refractivity contribution is 0.102. The van der Waals surface area contributed by atoms with Crippen LogP contribution in [-0.2, 0) is 6.54 Å². The van der Waals surface area contributed by atoms with Crippen LogP contribution in [0.15, 0.2) is 35.7 Å². The van der Waals surface area contributed by atoms with E-state index in [0.717, 1.165) is 40.3 Å². The maximum Gasteiger partial charge on any atom is 0.257 e. The van der Waals surface area contributed by atoms with Gasteiger partial charge in [-0.25, -0.2) is 0 Å². The van der Waals surface area contributed by atoms with E-state index in [1.165, 1.54) is 10.4 Å². The van der Waals surface area contributed by atoms with Crippen LogP contribution >= 0.6 is 11.3 Å². The van der Waals surface area contributed by atoms with Crippen molar-refractivity contribution in [3.63, 3.8) is 0 Å². The Morgan fingerprint density at radius 1 is 1.08 bits per heavy atom. The summed E-state index contributed by atoms with van der Waals surface area (Å²) in [5, 5.41) is 5.20. The normalized spacial score (nSPS) is 10.9. The Labute approximate surface area is 153 Å². The highest BCUT2D eigenvalue weighted by atomic mass is 32.1. The first kappa shape index (κ1) is 17.5. The number of benzene rings is 1. The summed E-state index contributed by atoms with van der Waals surface area (Å²) in [4.78, 5) is 14.2. The van der Waals surface area contributed by atoms with Crippen molar-refractivity contribution in [2.75, 3.05) is 5.32 Å². The first-order valence-electron chi connectivity index (χ1n) is 8.45. The molecule has 130 valence electrons. The summed E-state index contributed by atoms with van der Waals surface area (Å²) in [6.45, 7) is 11.0. The average molecular weight is 353 g/mol. The summed E-state index contributed by atoms with van der Waals surface area (Å²) in [6.07, 6.45) is 0. The smallest absolute Gasteiger partial charge is 0.257 e. The van der Waals surface area contributed by atoms with E-state index in [4.69, 9.17) is 0 Å². The van der Waals surface area contributed by atoms with Gasteiger partial charge in [-0.3, -0.25) is 4.79 Å². The van der Waals surface area contributed by atoms with E-state index in [-0.39, 0.29) is 5.91 Å². The molecule has 0 radical (unpaired) electrons. The second-order valence-electron chi connectivity index (χ2n) is 6.68. The minimum atomic E-state index is -0.0411. The molecule has 2 heterocycles. The van der Waals surface area contributed by atoms with Crippen LogP contribution in [-0.4, -0.2) is 10.5 Å². The molecule has 0 saturated heterocycles. The zero-order valence-corrected chi connectivity index (χ0v) is 16.3. The highest BCUT2D eigenvalue weighted by Gasteiger charge is 2.17. The van der Waals surface area contributed by atoms with E-state index in [1.807, 2.05) is 26.8 Å². The van der Waals surface area contributed by atoms with Crippen LogP contribution < -0.4 is 5.32 Å². The lowest BCUT2D eigenvalue weighted by Crippen LogP contribution is -2.15. The largest absolute Gasteiger partial charge is 0.343 e. The number of carbonyl (C=O) groups excluding carboxylic acids is 1. The minimum Gasteiger partial charge on any atom is -0.343 e. The fourth-order valence-corrected chi connectivity index (χ4v) is 4.08. The quantitative estimate of drug-likeness (QED) is 0.671. The highest BCUT2D eigenvalue weighted by molar-refractivity contribution is 7.09. The number of nitrogens with zero attached hydrogens (tertiary/aromatic N) is 1. The van der Waals surface area contributed by atoms with Gasteiger partial charge < -0.3 is 9.88 Å². The van der Waals surface area contributed by atoms with Gasteiger partial charge in [-0.15, -0.1) is 11.3 Å². The number of hydrogen-bond donors (Lipinski definition) is 1. The molecular formula is C21H24N2OS. The zero-order valence-electron chi connectivity index (χ0n) is 15.4. The van der Waals surface area contributed by atoms with Gasteiger partial charge in [0.2, 0.25) is 0 Å². The van der Waals surface area contributed by atoms with Gasteiger partial charge in [-0.05, 0) is 63.3 Å². The molecule has 0 aliphatic rings. The summed E-state index contributed by atoms with van der Waals surface area (Å²) < 4.78 is 2.20. The topological polar surface area (TPSA) is 34.0 Å². The SMILES string of the molecule is Cc1cc(C)c(NC(=O)c2cc(C)n(Cc3cccs3)c2C)c(C)c1. The predicted octanol–water partition coefficient (Wildman–Crippen LogP) is 5.39. The lowest BCUT2D eigenvalue weighted by atomic mass is 10.0. The average Bonchev–Trinajstić information content (AvgIpc) is 3.14. The maximum atomic E-state index is 12.9. The molecule has 0 atom stereocenters. The van der Waals surface area contributed by atoms with Gasteiger partial charge in [0, 0.05) is 22.0 Å². The molecule has 4 heteroatoms. The van der Waals surface area contributed by atoms with Crippen LogP contribution in [0.25, 0.3) is 0 Å². The Balaban J connectivity index is 1.88. The molecule has 0 saturated carbocycles. The number of anilines is 1. The van der Waals surface area contributed by atoms with Crippen LogP contribution in [0.2, 0.25) is 0 Å². The number of nitrogens with one attached hydrogen (secondary N) is 1. The van der Waals surface area contributed by atoms with Gasteiger partial charge in [0.05, 0.1) is 12.1 Å². The lowest BCUT2D eigenvalue weighted by Gasteiger charge is -2.13. The molecule has 1 amide bonds. The second kappa shape index (κ2) is 6.89. The number of aromatic nitrogens is 1. The summed E-state index contributed by atoms with van der Waals surface area (Å²) in [6, 6.07) is 10.4. The van der Waals surface area contributed by atoms with Crippen molar-refractivity contribution in [3.05, 3.63) is 74.2 Å². The molecule has 3 aromatic rings. The third-order valence-corrected chi connectivity index (χ3v) is 5.49. The Hall–Kier alpha value is -2.33. The van der Waals surface area contributed by atoms with Gasteiger partial charge in [-0.1, -0.05) is 23.8 Å². The molecule has 0 aliphatic heterocycles. The minimum absolute atomic E-state index is 0.0411. The summed E-state index contributed by atoms with van der Waals surface area (Å²) in [5.74, 6) is -0.0411. The fourth-order valence-electron chi connectivity index (χ4n) is 3.39. The van der Waals surface area contributed by atoms with E-state index in [2.05, 4.69) is 53.4 Å². The molecule has 0 spiro atoms. The first-order valence-corrected chi connectivity index (χ1v) is 9.33. The Bertz CT molecular complexity index is 897. The number of thiophene rings is 1. The monoisotopic (exact) mass is 352 g/mol. The van der Waals surface area contributed by atoms with Crippen molar-refractivity contribution in [3.8, 4) is 0 Å². The molecule has 1 N–H and O–H groups in total. The standard InChI is InChI=1S/C21H24N2OS/c1-13-9-14(2)20(15(3)10-13)22-21(24)19-11-16(4)23(17(19)5)12-18-7-6-8-25-18/h6-11H,12H2,1-5H3,(H,22,24). The van der Waals surface area contributed by atoms with Gasteiger partial charge >= 0.3 is 0 Å². The molecule has 3 nitrogen and oxygen atoms in total.